The van der Waals surface area contributed by atoms with E-state index in [0.717, 1.165) is 37.7 Å². The highest BCUT2D eigenvalue weighted by atomic mass is 16.1. The first kappa shape index (κ1) is 21.3. The summed E-state index contributed by atoms with van der Waals surface area (Å²) in [5.41, 5.74) is 7.43. The largest absolute Gasteiger partial charge is 0.365 e. The van der Waals surface area contributed by atoms with Crippen LogP contribution in [0.25, 0.3) is 11.4 Å². The third-order valence-corrected chi connectivity index (χ3v) is 5.34. The van der Waals surface area contributed by atoms with Gasteiger partial charge in [0.15, 0.2) is 0 Å². The fourth-order valence-electron chi connectivity index (χ4n) is 3.65. The van der Waals surface area contributed by atoms with Crippen LogP contribution in [0.2, 0.25) is 0 Å². The zero-order chi connectivity index (χ0) is 22.5. The molecule has 0 atom stereocenters. The molecule has 32 heavy (non-hydrogen) atoms. The number of nitrogens with one attached hydrogen (secondary N) is 2. The van der Waals surface area contributed by atoms with Crippen molar-refractivity contribution in [3.05, 3.63) is 35.5 Å². The van der Waals surface area contributed by atoms with Crippen LogP contribution in [0.1, 0.15) is 48.7 Å². The molecule has 166 valence electrons. The number of carbonyl (C=O) groups excluding carboxylic acids is 1. The normalized spacial score (nSPS) is 14.1. The zero-order valence-electron chi connectivity index (χ0n) is 18.0. The van der Waals surface area contributed by atoms with Crippen LogP contribution in [0.5, 0.6) is 0 Å². The van der Waals surface area contributed by atoms with Gasteiger partial charge < -0.3 is 21.4 Å². The molecule has 1 aromatic carbocycles. The molecule has 0 aliphatic carbocycles. The smallest absolute Gasteiger partial charge is 0.254 e. The summed E-state index contributed by atoms with van der Waals surface area (Å²) >= 11 is 0. The van der Waals surface area contributed by atoms with E-state index >= 15 is 0 Å². The Morgan fingerprint density at radius 2 is 1.88 bits per heavy atom. The lowest BCUT2D eigenvalue weighted by atomic mass is 10.1. The highest BCUT2D eigenvalue weighted by Gasteiger charge is 2.21. The number of anilines is 3. The number of benzene rings is 1. The van der Waals surface area contributed by atoms with Crippen LogP contribution in [0.3, 0.4) is 0 Å². The summed E-state index contributed by atoms with van der Waals surface area (Å²) in [6.07, 6.45) is 5.50. The van der Waals surface area contributed by atoms with Gasteiger partial charge in [-0.3, -0.25) is 4.79 Å². The molecule has 1 amide bonds. The number of rotatable bonds is 7. The maximum atomic E-state index is 12.2. The number of carbonyl (C=O) groups is 1. The second-order valence-electron chi connectivity index (χ2n) is 7.55. The fraction of sp³-hybridized carbons (Fsp3) is 0.381. The van der Waals surface area contributed by atoms with Gasteiger partial charge in [-0.05, 0) is 49.2 Å². The standard InChI is InChI=1S/C21H26N10O/c1-2-31-28-19(27-29-31)14-7-9-15(10-8-14)24-20-17(18(23)32)16(13-22)25-21(26-20)30-11-5-3-4-6-12-30/h7-10,13,22H,2-6,11-12H2,1H3,(H2,23,32)(H,24,25,26). The van der Waals surface area contributed by atoms with Gasteiger partial charge >= 0.3 is 0 Å². The Kier molecular flexibility index (Phi) is 6.34. The van der Waals surface area contributed by atoms with Crippen molar-refractivity contribution >= 4 is 29.6 Å². The average molecular weight is 435 g/mol. The lowest BCUT2D eigenvalue weighted by Crippen LogP contribution is -2.28. The van der Waals surface area contributed by atoms with Gasteiger partial charge in [-0.2, -0.15) is 9.78 Å². The van der Waals surface area contributed by atoms with Crippen LogP contribution in [-0.2, 0) is 6.54 Å². The molecule has 0 spiro atoms. The predicted octanol–water partition coefficient (Wildman–Crippen LogP) is 2.37. The number of nitrogens with zero attached hydrogens (tertiary/aromatic N) is 7. The minimum absolute atomic E-state index is 0.0928. The van der Waals surface area contributed by atoms with Crippen LogP contribution in [0.4, 0.5) is 17.5 Å². The van der Waals surface area contributed by atoms with Crippen molar-refractivity contribution in [1.82, 2.24) is 30.2 Å². The number of hydrogen-bond donors (Lipinski definition) is 3. The molecule has 3 aromatic rings. The van der Waals surface area contributed by atoms with E-state index in [1.807, 2.05) is 31.2 Å². The molecular weight excluding hydrogens is 408 g/mol. The molecule has 0 unspecified atom stereocenters. The molecule has 2 aromatic heterocycles. The quantitative estimate of drug-likeness (QED) is 0.479. The Bertz CT molecular complexity index is 1100. The second-order valence-corrected chi connectivity index (χ2v) is 7.55. The first-order valence-electron chi connectivity index (χ1n) is 10.7. The molecule has 0 bridgehead atoms. The Morgan fingerprint density at radius 1 is 1.16 bits per heavy atom. The van der Waals surface area contributed by atoms with Gasteiger partial charge in [0.1, 0.15) is 17.1 Å². The molecule has 11 nitrogen and oxygen atoms in total. The van der Waals surface area contributed by atoms with Gasteiger partial charge in [-0.1, -0.05) is 12.8 Å². The molecule has 4 N–H and O–H groups in total. The predicted molar refractivity (Wildman–Crippen MR) is 121 cm³/mol. The highest BCUT2D eigenvalue weighted by molar-refractivity contribution is 6.04. The molecule has 1 saturated heterocycles. The summed E-state index contributed by atoms with van der Waals surface area (Å²) in [5.74, 6) is 0.626. The van der Waals surface area contributed by atoms with Gasteiger partial charge in [-0.25, -0.2) is 4.98 Å². The van der Waals surface area contributed by atoms with Gasteiger partial charge in [0.25, 0.3) is 5.91 Å². The average Bonchev–Trinajstić information content (AvgIpc) is 3.12. The minimum Gasteiger partial charge on any atom is -0.365 e. The molecular formula is C21H26N10O. The Balaban J connectivity index is 1.65. The molecule has 1 fully saturated rings. The number of aromatic nitrogens is 6. The van der Waals surface area contributed by atoms with Crippen LogP contribution in [0, 0.1) is 5.41 Å². The van der Waals surface area contributed by atoms with Crippen molar-refractivity contribution in [3.63, 3.8) is 0 Å². The Morgan fingerprint density at radius 3 is 2.47 bits per heavy atom. The molecule has 1 aliphatic rings. The summed E-state index contributed by atoms with van der Waals surface area (Å²) in [4.78, 5) is 24.9. The van der Waals surface area contributed by atoms with Gasteiger partial charge in [0.05, 0.1) is 6.54 Å². The number of tetrazole rings is 1. The van der Waals surface area contributed by atoms with E-state index in [1.54, 1.807) is 0 Å². The highest BCUT2D eigenvalue weighted by Crippen LogP contribution is 2.26. The second kappa shape index (κ2) is 9.50. The minimum atomic E-state index is -0.689. The van der Waals surface area contributed by atoms with Crippen molar-refractivity contribution in [1.29, 1.82) is 5.41 Å². The molecule has 11 heteroatoms. The van der Waals surface area contributed by atoms with E-state index in [-0.39, 0.29) is 17.1 Å². The summed E-state index contributed by atoms with van der Waals surface area (Å²) in [5, 5.41) is 23.3. The van der Waals surface area contributed by atoms with Crippen LogP contribution in [-0.4, -0.2) is 55.4 Å². The van der Waals surface area contributed by atoms with E-state index in [2.05, 4.69) is 35.6 Å². The monoisotopic (exact) mass is 434 g/mol. The van der Waals surface area contributed by atoms with Crippen molar-refractivity contribution in [2.45, 2.75) is 39.2 Å². The van der Waals surface area contributed by atoms with Crippen molar-refractivity contribution in [3.8, 4) is 11.4 Å². The topological polar surface area (TPSA) is 152 Å². The number of nitrogens with two attached hydrogens (primary N) is 1. The Hall–Kier alpha value is -3.89. The van der Waals surface area contributed by atoms with Crippen molar-refractivity contribution in [2.24, 2.45) is 5.73 Å². The third kappa shape index (κ3) is 4.56. The van der Waals surface area contributed by atoms with Gasteiger partial charge in [0, 0.05) is 30.6 Å². The molecule has 1 aliphatic heterocycles. The Labute approximate surface area is 185 Å². The summed E-state index contributed by atoms with van der Waals surface area (Å²) < 4.78 is 0. The van der Waals surface area contributed by atoms with Crippen molar-refractivity contribution in [2.75, 3.05) is 23.3 Å². The van der Waals surface area contributed by atoms with E-state index in [1.165, 1.54) is 17.6 Å². The van der Waals surface area contributed by atoms with Gasteiger partial charge in [0.2, 0.25) is 11.8 Å². The van der Waals surface area contributed by atoms with Crippen LogP contribution >= 0.6 is 0 Å². The molecule has 3 heterocycles. The number of aryl methyl sites for hydroxylation is 1. The van der Waals surface area contributed by atoms with E-state index in [0.29, 0.717) is 24.0 Å². The van der Waals surface area contributed by atoms with E-state index in [4.69, 9.17) is 11.1 Å². The lowest BCUT2D eigenvalue weighted by molar-refractivity contribution is 0.100. The van der Waals surface area contributed by atoms with E-state index < -0.39 is 5.91 Å². The van der Waals surface area contributed by atoms with E-state index in [9.17, 15) is 4.79 Å². The molecule has 0 saturated carbocycles. The SMILES string of the molecule is CCn1nnc(-c2ccc(Nc3nc(N4CCCCCC4)nc(C=N)c3C(N)=O)cc2)n1. The third-order valence-electron chi connectivity index (χ3n) is 5.34. The molecule has 0 radical (unpaired) electrons. The van der Waals surface area contributed by atoms with Gasteiger partial charge in [-0.15, -0.1) is 10.2 Å². The number of hydrogen-bond acceptors (Lipinski definition) is 9. The summed E-state index contributed by atoms with van der Waals surface area (Å²) in [6, 6.07) is 7.39. The number of amides is 1. The maximum absolute atomic E-state index is 12.2. The summed E-state index contributed by atoms with van der Waals surface area (Å²) in [7, 11) is 0. The molecule has 4 rings (SSSR count). The zero-order valence-corrected chi connectivity index (χ0v) is 18.0. The van der Waals surface area contributed by atoms with Crippen molar-refractivity contribution < 1.29 is 4.79 Å². The van der Waals surface area contributed by atoms with Crippen LogP contribution in [0.15, 0.2) is 24.3 Å². The first-order valence-corrected chi connectivity index (χ1v) is 10.7. The fourth-order valence-corrected chi connectivity index (χ4v) is 3.65. The maximum Gasteiger partial charge on any atom is 0.254 e. The summed E-state index contributed by atoms with van der Waals surface area (Å²) in [6.45, 7) is 4.27. The van der Waals surface area contributed by atoms with Crippen LogP contribution < -0.4 is 16.0 Å². The first-order chi connectivity index (χ1) is 15.6. The lowest BCUT2D eigenvalue weighted by Gasteiger charge is -2.22. The number of primary amides is 1.